The molecule has 16 heavy (non-hydrogen) atoms. The molecule has 1 atom stereocenters. The molecular weight excluding hydrogens is 270 g/mol. The predicted octanol–water partition coefficient (Wildman–Crippen LogP) is 2.30. The van der Waals surface area contributed by atoms with Gasteiger partial charge in [-0.2, -0.15) is 0 Å². The van der Waals surface area contributed by atoms with Gasteiger partial charge in [-0.15, -0.1) is 10.2 Å². The van der Waals surface area contributed by atoms with Crippen molar-refractivity contribution in [3.05, 3.63) is 11.6 Å². The topological polar surface area (TPSA) is 39.9 Å². The summed E-state index contributed by atoms with van der Waals surface area (Å²) in [5.41, 5.74) is 0. The summed E-state index contributed by atoms with van der Waals surface area (Å²) in [6.07, 6.45) is 4.69. The van der Waals surface area contributed by atoms with Gasteiger partial charge in [0.1, 0.15) is 11.6 Å². The molecule has 1 aromatic rings. The van der Waals surface area contributed by atoms with Crippen molar-refractivity contribution in [1.29, 1.82) is 0 Å². The molecule has 1 saturated heterocycles. The van der Waals surface area contributed by atoms with Crippen molar-refractivity contribution in [3.63, 3.8) is 0 Å². The summed E-state index contributed by atoms with van der Waals surface area (Å²) in [6, 6.07) is 0. The minimum Gasteiger partial charge on any atom is -0.378 e. The third-order valence-electron chi connectivity index (χ3n) is 2.90. The summed E-state index contributed by atoms with van der Waals surface area (Å²) >= 11 is 3.45. The van der Waals surface area contributed by atoms with Crippen LogP contribution in [0.5, 0.6) is 0 Å². The lowest BCUT2D eigenvalue weighted by Crippen LogP contribution is -2.15. The highest BCUT2D eigenvalue weighted by Crippen LogP contribution is 2.17. The van der Waals surface area contributed by atoms with Gasteiger partial charge in [0.05, 0.1) is 11.4 Å². The fraction of sp³-hybridized carbons (Fsp3) is 0.818. The Morgan fingerprint density at radius 2 is 2.25 bits per heavy atom. The molecule has 1 aliphatic heterocycles. The van der Waals surface area contributed by atoms with Gasteiger partial charge in [-0.1, -0.05) is 22.9 Å². The number of halogens is 1. The summed E-state index contributed by atoms with van der Waals surface area (Å²) in [6.45, 7) is 4.07. The maximum absolute atomic E-state index is 5.64. The minimum atomic E-state index is 0.350. The summed E-state index contributed by atoms with van der Waals surface area (Å²) in [7, 11) is 0. The average molecular weight is 288 g/mol. The highest BCUT2D eigenvalue weighted by atomic mass is 79.9. The number of hydrogen-bond donors (Lipinski definition) is 0. The van der Waals surface area contributed by atoms with Crippen LogP contribution in [0.3, 0.4) is 0 Å². The highest BCUT2D eigenvalue weighted by Gasteiger charge is 2.20. The maximum atomic E-state index is 5.64. The molecule has 1 fully saturated rings. The van der Waals surface area contributed by atoms with Crippen molar-refractivity contribution in [2.24, 2.45) is 0 Å². The van der Waals surface area contributed by atoms with Crippen LogP contribution in [-0.2, 0) is 23.0 Å². The van der Waals surface area contributed by atoms with Crippen LogP contribution in [0.25, 0.3) is 0 Å². The van der Waals surface area contributed by atoms with Gasteiger partial charge in [0.15, 0.2) is 0 Å². The van der Waals surface area contributed by atoms with E-state index < -0.39 is 0 Å². The van der Waals surface area contributed by atoms with Crippen LogP contribution < -0.4 is 0 Å². The van der Waals surface area contributed by atoms with Crippen LogP contribution in [0.2, 0.25) is 0 Å². The average Bonchev–Trinajstić information content (AvgIpc) is 2.91. The number of aromatic nitrogens is 3. The van der Waals surface area contributed by atoms with Crippen LogP contribution in [-0.4, -0.2) is 27.5 Å². The molecule has 2 heterocycles. The first-order valence-electron chi connectivity index (χ1n) is 5.93. The fourth-order valence-corrected chi connectivity index (χ4v) is 2.53. The molecule has 0 saturated carbocycles. The molecule has 4 nitrogen and oxygen atoms in total. The molecule has 0 radical (unpaired) electrons. The third kappa shape index (κ3) is 2.63. The van der Waals surface area contributed by atoms with Crippen LogP contribution in [0.1, 0.15) is 37.8 Å². The van der Waals surface area contributed by atoms with Crippen LogP contribution in [0.4, 0.5) is 0 Å². The molecule has 90 valence electrons. The first-order chi connectivity index (χ1) is 7.85. The van der Waals surface area contributed by atoms with Crippen molar-refractivity contribution >= 4 is 15.9 Å². The van der Waals surface area contributed by atoms with Gasteiger partial charge in [0, 0.05) is 19.6 Å². The van der Waals surface area contributed by atoms with Gasteiger partial charge in [-0.05, 0) is 19.3 Å². The molecule has 1 aliphatic rings. The Hall–Kier alpha value is -0.420. The van der Waals surface area contributed by atoms with E-state index in [4.69, 9.17) is 4.74 Å². The Kier molecular flexibility index (Phi) is 4.35. The van der Waals surface area contributed by atoms with Crippen LogP contribution >= 0.6 is 15.9 Å². The van der Waals surface area contributed by atoms with Gasteiger partial charge in [0.25, 0.3) is 0 Å². The van der Waals surface area contributed by atoms with Crippen molar-refractivity contribution in [2.45, 2.75) is 50.6 Å². The molecule has 0 aliphatic carbocycles. The zero-order chi connectivity index (χ0) is 11.4. The maximum Gasteiger partial charge on any atom is 0.143 e. The molecule has 0 amide bonds. The second kappa shape index (κ2) is 5.77. The largest absolute Gasteiger partial charge is 0.378 e. The summed E-state index contributed by atoms with van der Waals surface area (Å²) in [5.74, 6) is 2.10. The highest BCUT2D eigenvalue weighted by molar-refractivity contribution is 9.08. The molecule has 5 heteroatoms. The Morgan fingerprint density at radius 3 is 2.88 bits per heavy atom. The van der Waals surface area contributed by atoms with Gasteiger partial charge >= 0.3 is 0 Å². The molecule has 0 aromatic carbocycles. The van der Waals surface area contributed by atoms with E-state index in [1.807, 2.05) is 0 Å². The van der Waals surface area contributed by atoms with Gasteiger partial charge in [0.2, 0.25) is 0 Å². The molecular formula is C11H18BrN3O. The standard InChI is InChI=1S/C11H18BrN3O/c1-2-5-15-10(13-14-11(15)8-12)7-9-4-3-6-16-9/h9H,2-8H2,1H3. The van der Waals surface area contributed by atoms with Gasteiger partial charge < -0.3 is 9.30 Å². The lowest BCUT2D eigenvalue weighted by Gasteiger charge is -2.11. The van der Waals surface area contributed by atoms with E-state index >= 15 is 0 Å². The van der Waals surface area contributed by atoms with Crippen molar-refractivity contribution in [2.75, 3.05) is 6.61 Å². The third-order valence-corrected chi connectivity index (χ3v) is 3.41. The second-order valence-corrected chi connectivity index (χ2v) is 4.72. The van der Waals surface area contributed by atoms with E-state index in [1.54, 1.807) is 0 Å². The summed E-state index contributed by atoms with van der Waals surface area (Å²) in [4.78, 5) is 0. The second-order valence-electron chi connectivity index (χ2n) is 4.16. The number of ether oxygens (including phenoxy) is 1. The van der Waals surface area contributed by atoms with Crippen molar-refractivity contribution in [1.82, 2.24) is 14.8 Å². The first kappa shape index (κ1) is 12.0. The molecule has 1 unspecified atom stereocenters. The number of alkyl halides is 1. The van der Waals surface area contributed by atoms with Gasteiger partial charge in [-0.25, -0.2) is 0 Å². The molecule has 1 aromatic heterocycles. The monoisotopic (exact) mass is 287 g/mol. The fourth-order valence-electron chi connectivity index (χ4n) is 2.11. The zero-order valence-corrected chi connectivity index (χ0v) is 11.2. The lowest BCUT2D eigenvalue weighted by molar-refractivity contribution is 0.109. The molecule has 2 rings (SSSR count). The SMILES string of the molecule is CCCn1c(CBr)nnc1CC1CCCO1. The number of hydrogen-bond acceptors (Lipinski definition) is 3. The number of rotatable bonds is 5. The number of nitrogens with zero attached hydrogens (tertiary/aromatic N) is 3. The Balaban J connectivity index is 2.09. The Morgan fingerprint density at radius 1 is 1.44 bits per heavy atom. The first-order valence-corrected chi connectivity index (χ1v) is 7.05. The molecule has 0 N–H and O–H groups in total. The van der Waals surface area contributed by atoms with E-state index in [-0.39, 0.29) is 0 Å². The van der Waals surface area contributed by atoms with Crippen molar-refractivity contribution < 1.29 is 4.74 Å². The van der Waals surface area contributed by atoms with Crippen LogP contribution in [0, 0.1) is 0 Å². The molecule has 0 spiro atoms. The van der Waals surface area contributed by atoms with E-state index in [0.29, 0.717) is 6.10 Å². The zero-order valence-electron chi connectivity index (χ0n) is 9.65. The molecule has 0 bridgehead atoms. The van der Waals surface area contributed by atoms with E-state index in [9.17, 15) is 0 Å². The Labute approximate surface area is 105 Å². The Bertz CT molecular complexity index is 334. The van der Waals surface area contributed by atoms with E-state index in [2.05, 4.69) is 37.6 Å². The summed E-state index contributed by atoms with van der Waals surface area (Å²) < 4.78 is 7.86. The van der Waals surface area contributed by atoms with Gasteiger partial charge in [-0.3, -0.25) is 0 Å². The summed E-state index contributed by atoms with van der Waals surface area (Å²) in [5, 5.41) is 9.25. The van der Waals surface area contributed by atoms with E-state index in [1.165, 1.54) is 6.42 Å². The predicted molar refractivity (Wildman–Crippen MR) is 65.6 cm³/mol. The lowest BCUT2D eigenvalue weighted by atomic mass is 10.2. The minimum absolute atomic E-state index is 0.350. The van der Waals surface area contributed by atoms with Crippen molar-refractivity contribution in [3.8, 4) is 0 Å². The van der Waals surface area contributed by atoms with E-state index in [0.717, 1.165) is 49.4 Å². The van der Waals surface area contributed by atoms with Crippen LogP contribution in [0.15, 0.2) is 0 Å². The normalized spacial score (nSPS) is 20.5. The quantitative estimate of drug-likeness (QED) is 0.781. The smallest absolute Gasteiger partial charge is 0.143 e.